The van der Waals surface area contributed by atoms with Crippen molar-refractivity contribution in [2.24, 2.45) is 0 Å². The number of nitrogens with zero attached hydrogens (tertiary/aromatic N) is 1. The van der Waals surface area contributed by atoms with Gasteiger partial charge in [0.15, 0.2) is 0 Å². The predicted octanol–water partition coefficient (Wildman–Crippen LogP) is 1.98. The highest BCUT2D eigenvalue weighted by Gasteiger charge is 2.23. The molecule has 76 valence electrons. The van der Waals surface area contributed by atoms with E-state index in [9.17, 15) is 4.79 Å². The van der Waals surface area contributed by atoms with E-state index >= 15 is 0 Å². The minimum absolute atomic E-state index is 0.131. The first-order valence-electron chi connectivity index (χ1n) is 5.34. The van der Waals surface area contributed by atoms with Crippen molar-refractivity contribution in [1.29, 1.82) is 0 Å². The van der Waals surface area contributed by atoms with Crippen LogP contribution >= 0.6 is 0 Å². The first-order valence-corrected chi connectivity index (χ1v) is 5.34. The maximum atomic E-state index is 11.5. The molecule has 1 saturated heterocycles. The average Bonchev–Trinajstić information content (AvgIpc) is 2.16. The van der Waals surface area contributed by atoms with E-state index in [1.54, 1.807) is 0 Å². The van der Waals surface area contributed by atoms with Crippen LogP contribution < -0.4 is 5.32 Å². The topological polar surface area (TPSA) is 32.3 Å². The van der Waals surface area contributed by atoms with Crippen LogP contribution in [0.15, 0.2) is 0 Å². The summed E-state index contributed by atoms with van der Waals surface area (Å²) < 4.78 is 0. The molecule has 1 aliphatic heterocycles. The summed E-state index contributed by atoms with van der Waals surface area (Å²) in [7, 11) is 0. The summed E-state index contributed by atoms with van der Waals surface area (Å²) in [5.41, 5.74) is 0. The van der Waals surface area contributed by atoms with Crippen molar-refractivity contribution in [2.45, 2.75) is 45.6 Å². The van der Waals surface area contributed by atoms with Gasteiger partial charge in [0.25, 0.3) is 0 Å². The van der Waals surface area contributed by atoms with Gasteiger partial charge in [-0.05, 0) is 19.3 Å². The van der Waals surface area contributed by atoms with Gasteiger partial charge < -0.3 is 10.2 Å². The molecule has 2 amide bonds. The van der Waals surface area contributed by atoms with Crippen molar-refractivity contribution >= 4 is 6.03 Å². The average molecular weight is 184 g/mol. The molecule has 1 rings (SSSR count). The minimum atomic E-state index is 0.131. The molecule has 1 atom stereocenters. The van der Waals surface area contributed by atoms with Crippen molar-refractivity contribution in [3.05, 3.63) is 0 Å². The molecule has 0 aromatic rings. The van der Waals surface area contributed by atoms with Crippen LogP contribution in [0.1, 0.15) is 39.5 Å². The van der Waals surface area contributed by atoms with Crippen LogP contribution in [0.25, 0.3) is 0 Å². The molecule has 0 saturated carbocycles. The Morgan fingerprint density at radius 2 is 2.31 bits per heavy atom. The third-order valence-electron chi connectivity index (χ3n) is 2.65. The molecule has 1 fully saturated rings. The first kappa shape index (κ1) is 10.4. The summed E-state index contributed by atoms with van der Waals surface area (Å²) in [6.45, 7) is 6.11. The quantitative estimate of drug-likeness (QED) is 0.712. The maximum Gasteiger partial charge on any atom is 0.317 e. The molecular weight excluding hydrogens is 164 g/mol. The highest BCUT2D eigenvalue weighted by molar-refractivity contribution is 5.75. The lowest BCUT2D eigenvalue weighted by Gasteiger charge is -2.34. The molecule has 0 aliphatic carbocycles. The Morgan fingerprint density at radius 1 is 1.54 bits per heavy atom. The molecule has 13 heavy (non-hydrogen) atoms. The second-order valence-electron chi connectivity index (χ2n) is 3.63. The summed E-state index contributed by atoms with van der Waals surface area (Å²) in [6, 6.07) is 0.580. The number of nitrogens with one attached hydrogen (secondary N) is 1. The predicted molar refractivity (Wildman–Crippen MR) is 53.7 cm³/mol. The molecule has 1 aliphatic rings. The van der Waals surface area contributed by atoms with Gasteiger partial charge in [0.1, 0.15) is 0 Å². The molecular formula is C10H20N2O. The van der Waals surface area contributed by atoms with Crippen LogP contribution in [0.2, 0.25) is 0 Å². The fourth-order valence-corrected chi connectivity index (χ4v) is 1.91. The van der Waals surface area contributed by atoms with Crippen LogP contribution in [-0.2, 0) is 0 Å². The van der Waals surface area contributed by atoms with Gasteiger partial charge in [-0.1, -0.05) is 20.3 Å². The summed E-state index contributed by atoms with van der Waals surface area (Å²) in [5.74, 6) is 0. The van der Waals surface area contributed by atoms with Gasteiger partial charge in [-0.25, -0.2) is 4.79 Å². The highest BCUT2D eigenvalue weighted by Crippen LogP contribution is 2.13. The van der Waals surface area contributed by atoms with Gasteiger partial charge >= 0.3 is 6.03 Å². The monoisotopic (exact) mass is 184 g/mol. The van der Waals surface area contributed by atoms with Crippen molar-refractivity contribution in [2.75, 3.05) is 13.1 Å². The van der Waals surface area contributed by atoms with Crippen molar-refractivity contribution in [1.82, 2.24) is 10.2 Å². The van der Waals surface area contributed by atoms with Crippen LogP contribution in [0.5, 0.6) is 0 Å². The summed E-state index contributed by atoms with van der Waals surface area (Å²) >= 11 is 0. The summed E-state index contributed by atoms with van der Waals surface area (Å²) in [6.07, 6.45) is 4.44. The maximum absolute atomic E-state index is 11.5. The van der Waals surface area contributed by atoms with Crippen LogP contribution in [0, 0.1) is 0 Å². The number of rotatable bonds is 4. The molecule has 0 aromatic carbocycles. The second kappa shape index (κ2) is 5.10. The standard InChI is InChI=1S/C10H20N2O/c1-3-6-9(4-2)12-8-5-7-11-10(12)13/h9H,3-8H2,1-2H3,(H,11,13). The van der Waals surface area contributed by atoms with E-state index in [0.717, 1.165) is 38.8 Å². The number of urea groups is 1. The zero-order valence-electron chi connectivity index (χ0n) is 8.68. The van der Waals surface area contributed by atoms with E-state index in [1.807, 2.05) is 4.90 Å². The van der Waals surface area contributed by atoms with E-state index in [0.29, 0.717) is 6.04 Å². The van der Waals surface area contributed by atoms with E-state index in [1.165, 1.54) is 0 Å². The smallest absolute Gasteiger partial charge is 0.317 e. The molecule has 0 spiro atoms. The van der Waals surface area contributed by atoms with Crippen molar-refractivity contribution < 1.29 is 4.79 Å². The van der Waals surface area contributed by atoms with Gasteiger partial charge in [0.2, 0.25) is 0 Å². The van der Waals surface area contributed by atoms with Gasteiger partial charge in [-0.3, -0.25) is 0 Å². The largest absolute Gasteiger partial charge is 0.338 e. The zero-order valence-corrected chi connectivity index (χ0v) is 8.68. The fourth-order valence-electron chi connectivity index (χ4n) is 1.91. The number of amides is 2. The number of carbonyl (C=O) groups excluding carboxylic acids is 1. The lowest BCUT2D eigenvalue weighted by molar-refractivity contribution is 0.154. The third-order valence-corrected chi connectivity index (χ3v) is 2.65. The Bertz CT molecular complexity index is 170. The second-order valence-corrected chi connectivity index (χ2v) is 3.63. The van der Waals surface area contributed by atoms with Gasteiger partial charge in [-0.15, -0.1) is 0 Å². The molecule has 1 unspecified atom stereocenters. The van der Waals surface area contributed by atoms with E-state index in [-0.39, 0.29) is 6.03 Å². The molecule has 3 heteroatoms. The highest BCUT2D eigenvalue weighted by atomic mass is 16.2. The Labute approximate surface area is 80.5 Å². The number of hydrogen-bond acceptors (Lipinski definition) is 1. The Morgan fingerprint density at radius 3 is 2.85 bits per heavy atom. The van der Waals surface area contributed by atoms with Crippen molar-refractivity contribution in [3.8, 4) is 0 Å². The Kier molecular flexibility index (Phi) is 4.06. The molecule has 1 N–H and O–H groups in total. The number of carbonyl (C=O) groups is 1. The molecule has 1 heterocycles. The summed E-state index contributed by atoms with van der Waals surface area (Å²) in [4.78, 5) is 13.5. The minimum Gasteiger partial charge on any atom is -0.338 e. The molecule has 3 nitrogen and oxygen atoms in total. The van der Waals surface area contributed by atoms with Crippen LogP contribution in [0.3, 0.4) is 0 Å². The SMILES string of the molecule is CCCC(CC)N1CCCNC1=O. The molecule has 0 aromatic heterocycles. The summed E-state index contributed by atoms with van der Waals surface area (Å²) in [5, 5.41) is 2.89. The fraction of sp³-hybridized carbons (Fsp3) is 0.900. The van der Waals surface area contributed by atoms with E-state index < -0.39 is 0 Å². The molecule has 0 radical (unpaired) electrons. The Balaban J connectivity index is 2.49. The van der Waals surface area contributed by atoms with Crippen LogP contribution in [-0.4, -0.2) is 30.1 Å². The third kappa shape index (κ3) is 2.61. The normalized spacial score (nSPS) is 19.8. The number of hydrogen-bond donors (Lipinski definition) is 1. The van der Waals surface area contributed by atoms with Crippen molar-refractivity contribution in [3.63, 3.8) is 0 Å². The van der Waals surface area contributed by atoms with Gasteiger partial charge in [0.05, 0.1) is 0 Å². The van der Waals surface area contributed by atoms with E-state index in [4.69, 9.17) is 0 Å². The Hall–Kier alpha value is -0.730. The molecule has 0 bridgehead atoms. The van der Waals surface area contributed by atoms with Crippen LogP contribution in [0.4, 0.5) is 4.79 Å². The zero-order chi connectivity index (χ0) is 9.68. The van der Waals surface area contributed by atoms with E-state index in [2.05, 4.69) is 19.2 Å². The lowest BCUT2D eigenvalue weighted by atomic mass is 10.1. The lowest BCUT2D eigenvalue weighted by Crippen LogP contribution is -2.51. The first-order chi connectivity index (χ1) is 6.29. The van der Waals surface area contributed by atoms with Gasteiger partial charge in [-0.2, -0.15) is 0 Å². The van der Waals surface area contributed by atoms with Gasteiger partial charge in [0, 0.05) is 19.1 Å².